The van der Waals surface area contributed by atoms with E-state index in [1.54, 1.807) is 0 Å². The zero-order valence-corrected chi connectivity index (χ0v) is 12.1. The average molecular weight is 297 g/mol. The number of aliphatic hydroxyl groups excluding tert-OH is 1. The van der Waals surface area contributed by atoms with Crippen LogP contribution in [0.15, 0.2) is 5.16 Å². The molecule has 8 heteroatoms. The molecule has 3 rings (SSSR count). The van der Waals surface area contributed by atoms with Crippen LogP contribution in [-0.2, 0) is 4.79 Å². The van der Waals surface area contributed by atoms with Crippen molar-refractivity contribution in [3.63, 3.8) is 0 Å². The van der Waals surface area contributed by atoms with Crippen LogP contribution in [0.2, 0.25) is 0 Å². The lowest BCUT2D eigenvalue weighted by Crippen LogP contribution is -2.30. The summed E-state index contributed by atoms with van der Waals surface area (Å²) < 4.78 is 1.81. The first-order chi connectivity index (χ1) is 9.72. The lowest BCUT2D eigenvalue weighted by molar-refractivity contribution is -0.118. The third kappa shape index (κ3) is 3.49. The second-order valence-corrected chi connectivity index (χ2v) is 6.51. The number of carbonyl (C=O) groups is 1. The highest BCUT2D eigenvalue weighted by atomic mass is 32.2. The van der Waals surface area contributed by atoms with Crippen LogP contribution in [-0.4, -0.2) is 49.6 Å². The zero-order chi connectivity index (χ0) is 13.9. The molecule has 7 nitrogen and oxygen atoms in total. The highest BCUT2D eigenvalue weighted by molar-refractivity contribution is 7.99. The summed E-state index contributed by atoms with van der Waals surface area (Å²) in [5.74, 6) is 0.750. The summed E-state index contributed by atoms with van der Waals surface area (Å²) in [5.41, 5.74) is 0. The number of rotatable bonds is 6. The highest BCUT2D eigenvalue weighted by Gasteiger charge is 2.28. The van der Waals surface area contributed by atoms with Gasteiger partial charge in [-0.3, -0.25) is 4.79 Å². The molecule has 2 aliphatic carbocycles. The predicted octanol–water partition coefficient (Wildman–Crippen LogP) is 0.377. The van der Waals surface area contributed by atoms with Gasteiger partial charge in [0.1, 0.15) is 0 Å². The summed E-state index contributed by atoms with van der Waals surface area (Å²) in [5, 5.41) is 24.6. The molecule has 110 valence electrons. The van der Waals surface area contributed by atoms with E-state index in [4.69, 9.17) is 0 Å². The Balaban J connectivity index is 1.39. The Hall–Kier alpha value is -1.15. The smallest absolute Gasteiger partial charge is 0.230 e. The minimum Gasteiger partial charge on any atom is -0.393 e. The monoisotopic (exact) mass is 297 g/mol. The minimum absolute atomic E-state index is 0.00161. The van der Waals surface area contributed by atoms with Gasteiger partial charge in [0.2, 0.25) is 11.1 Å². The number of tetrazole rings is 1. The van der Waals surface area contributed by atoms with E-state index in [1.165, 1.54) is 11.8 Å². The van der Waals surface area contributed by atoms with E-state index in [9.17, 15) is 9.90 Å². The zero-order valence-electron chi connectivity index (χ0n) is 11.2. The summed E-state index contributed by atoms with van der Waals surface area (Å²) in [7, 11) is 0. The van der Waals surface area contributed by atoms with Gasteiger partial charge in [0.05, 0.1) is 17.9 Å². The molecule has 1 aromatic heterocycles. The fraction of sp³-hybridized carbons (Fsp3) is 0.833. The number of aromatic nitrogens is 4. The van der Waals surface area contributed by atoms with E-state index < -0.39 is 0 Å². The molecule has 2 aliphatic rings. The summed E-state index contributed by atoms with van der Waals surface area (Å²) >= 11 is 1.38. The van der Waals surface area contributed by atoms with Crippen LogP contribution in [0.3, 0.4) is 0 Å². The van der Waals surface area contributed by atoms with Crippen LogP contribution in [0.5, 0.6) is 0 Å². The third-order valence-corrected chi connectivity index (χ3v) is 4.72. The van der Waals surface area contributed by atoms with E-state index in [0.717, 1.165) is 37.3 Å². The molecule has 2 fully saturated rings. The van der Waals surface area contributed by atoms with Crippen molar-refractivity contribution in [1.29, 1.82) is 0 Å². The molecular weight excluding hydrogens is 278 g/mol. The topological polar surface area (TPSA) is 92.9 Å². The Morgan fingerprint density at radius 3 is 2.95 bits per heavy atom. The second-order valence-electron chi connectivity index (χ2n) is 5.56. The number of carbonyl (C=O) groups excluding carboxylic acids is 1. The molecule has 0 spiro atoms. The standard InChI is InChI=1S/C12H19N5O2S/c18-10-4-1-8(5-10)6-13-11(19)7-20-12-14-15-16-17(12)9-2-3-9/h8-10,18H,1-7H2,(H,13,19). The molecule has 1 amide bonds. The van der Waals surface area contributed by atoms with Crippen molar-refractivity contribution >= 4 is 17.7 Å². The lowest BCUT2D eigenvalue weighted by atomic mass is 10.1. The van der Waals surface area contributed by atoms with E-state index in [-0.39, 0.29) is 12.0 Å². The van der Waals surface area contributed by atoms with Gasteiger partial charge in [-0.1, -0.05) is 11.8 Å². The predicted molar refractivity (Wildman–Crippen MR) is 73.2 cm³/mol. The van der Waals surface area contributed by atoms with Crippen molar-refractivity contribution in [2.45, 2.75) is 49.4 Å². The van der Waals surface area contributed by atoms with Crippen molar-refractivity contribution in [3.05, 3.63) is 0 Å². The number of thioether (sulfide) groups is 1. The number of nitrogens with zero attached hydrogens (tertiary/aromatic N) is 4. The van der Waals surface area contributed by atoms with Gasteiger partial charge in [-0.25, -0.2) is 4.68 Å². The van der Waals surface area contributed by atoms with Gasteiger partial charge in [-0.05, 0) is 48.4 Å². The van der Waals surface area contributed by atoms with Gasteiger partial charge in [0.25, 0.3) is 0 Å². The maximum Gasteiger partial charge on any atom is 0.230 e. The molecule has 0 saturated heterocycles. The molecule has 1 heterocycles. The third-order valence-electron chi connectivity index (χ3n) is 3.79. The molecule has 0 aromatic carbocycles. The quantitative estimate of drug-likeness (QED) is 0.737. The molecule has 2 saturated carbocycles. The molecule has 0 aliphatic heterocycles. The number of amides is 1. The van der Waals surface area contributed by atoms with Crippen LogP contribution < -0.4 is 5.32 Å². The average Bonchev–Trinajstić information content (AvgIpc) is 3.03. The van der Waals surface area contributed by atoms with Crippen LogP contribution in [0.4, 0.5) is 0 Å². The molecule has 2 unspecified atom stereocenters. The van der Waals surface area contributed by atoms with Crippen LogP contribution in [0.25, 0.3) is 0 Å². The number of aliphatic hydroxyl groups is 1. The Morgan fingerprint density at radius 1 is 1.40 bits per heavy atom. The molecule has 2 N–H and O–H groups in total. The molecule has 0 radical (unpaired) electrons. The largest absolute Gasteiger partial charge is 0.393 e. The maximum atomic E-state index is 11.8. The van der Waals surface area contributed by atoms with E-state index in [0.29, 0.717) is 24.3 Å². The minimum atomic E-state index is -0.186. The SMILES string of the molecule is O=C(CSc1nnnn1C1CC1)NCC1CCC(O)C1. The number of hydrogen-bond donors (Lipinski definition) is 2. The molecule has 1 aromatic rings. The second kappa shape index (κ2) is 6.09. The van der Waals surface area contributed by atoms with Gasteiger partial charge in [0.15, 0.2) is 0 Å². The summed E-state index contributed by atoms with van der Waals surface area (Å²) in [6, 6.07) is 0.426. The number of nitrogens with one attached hydrogen (secondary N) is 1. The van der Waals surface area contributed by atoms with Crippen molar-refractivity contribution in [1.82, 2.24) is 25.5 Å². The van der Waals surface area contributed by atoms with Gasteiger partial charge >= 0.3 is 0 Å². The van der Waals surface area contributed by atoms with Crippen LogP contribution in [0, 0.1) is 5.92 Å². The summed E-state index contributed by atoms with van der Waals surface area (Å²) in [6.45, 7) is 0.657. The van der Waals surface area contributed by atoms with Gasteiger partial charge in [0, 0.05) is 6.54 Å². The van der Waals surface area contributed by atoms with Crippen LogP contribution in [0.1, 0.15) is 38.1 Å². The van der Waals surface area contributed by atoms with Crippen molar-refractivity contribution < 1.29 is 9.90 Å². The molecular formula is C12H19N5O2S. The Bertz CT molecular complexity index is 476. The maximum absolute atomic E-state index is 11.8. The van der Waals surface area contributed by atoms with Gasteiger partial charge in [-0.2, -0.15) is 0 Å². The normalized spacial score (nSPS) is 25.9. The summed E-state index contributed by atoms with van der Waals surface area (Å²) in [6.07, 6.45) is 4.70. The molecule has 20 heavy (non-hydrogen) atoms. The Labute approximate surface area is 121 Å². The Morgan fingerprint density at radius 2 is 2.25 bits per heavy atom. The van der Waals surface area contributed by atoms with Crippen molar-refractivity contribution in [2.75, 3.05) is 12.3 Å². The first-order valence-electron chi connectivity index (χ1n) is 7.08. The van der Waals surface area contributed by atoms with Gasteiger partial charge < -0.3 is 10.4 Å². The molecule has 0 bridgehead atoms. The Kier molecular flexibility index (Phi) is 4.21. The molecule has 2 atom stereocenters. The fourth-order valence-corrected chi connectivity index (χ4v) is 3.28. The summed E-state index contributed by atoms with van der Waals surface area (Å²) in [4.78, 5) is 11.8. The van der Waals surface area contributed by atoms with Gasteiger partial charge in [-0.15, -0.1) is 5.10 Å². The van der Waals surface area contributed by atoms with E-state index in [2.05, 4.69) is 20.8 Å². The van der Waals surface area contributed by atoms with E-state index in [1.807, 2.05) is 4.68 Å². The van der Waals surface area contributed by atoms with Crippen molar-refractivity contribution in [2.24, 2.45) is 5.92 Å². The van der Waals surface area contributed by atoms with Crippen molar-refractivity contribution in [3.8, 4) is 0 Å². The van der Waals surface area contributed by atoms with E-state index >= 15 is 0 Å². The van der Waals surface area contributed by atoms with Crippen LogP contribution >= 0.6 is 11.8 Å². The fourth-order valence-electron chi connectivity index (χ4n) is 2.50. The number of hydrogen-bond acceptors (Lipinski definition) is 6. The first-order valence-corrected chi connectivity index (χ1v) is 8.06. The highest BCUT2D eigenvalue weighted by Crippen LogP contribution is 2.36. The lowest BCUT2D eigenvalue weighted by Gasteiger charge is -2.10. The first kappa shape index (κ1) is 13.8.